The number of aliphatic hydroxyl groups excluding tert-OH is 1. The number of anilines is 3. The van der Waals surface area contributed by atoms with E-state index in [4.69, 9.17) is 20.3 Å². The van der Waals surface area contributed by atoms with E-state index in [0.29, 0.717) is 23.5 Å². The number of nitrogen functional groups attached to an aromatic ring is 1. The second-order valence-corrected chi connectivity index (χ2v) is 12.4. The summed E-state index contributed by atoms with van der Waals surface area (Å²) in [6, 6.07) is 8.50. The van der Waals surface area contributed by atoms with Crippen LogP contribution in [0.1, 0.15) is 25.7 Å². The van der Waals surface area contributed by atoms with Crippen molar-refractivity contribution in [3.05, 3.63) is 43.3 Å². The normalized spacial score (nSPS) is 16.0. The van der Waals surface area contributed by atoms with Gasteiger partial charge in [0.25, 0.3) is 0 Å². The molecule has 13 heteroatoms. The van der Waals surface area contributed by atoms with Gasteiger partial charge < -0.3 is 39.9 Å². The summed E-state index contributed by atoms with van der Waals surface area (Å²) in [4.78, 5) is 19.8. The number of hydrogen-bond donors (Lipinski definition) is 2. The van der Waals surface area contributed by atoms with E-state index in [-0.39, 0.29) is 5.69 Å². The predicted octanol–water partition coefficient (Wildman–Crippen LogP) is 5.08. The summed E-state index contributed by atoms with van der Waals surface area (Å²) in [5.74, 6) is 1.04. The van der Waals surface area contributed by atoms with Crippen molar-refractivity contribution in [3.63, 3.8) is 0 Å². The molecule has 0 atom stereocenters. The van der Waals surface area contributed by atoms with Gasteiger partial charge in [-0.05, 0) is 91.8 Å². The molecule has 0 amide bonds. The van der Waals surface area contributed by atoms with Gasteiger partial charge in [-0.2, -0.15) is 0 Å². The summed E-state index contributed by atoms with van der Waals surface area (Å²) >= 11 is 7.05. The van der Waals surface area contributed by atoms with Crippen molar-refractivity contribution in [2.24, 2.45) is 0 Å². The molecule has 2 heterocycles. The van der Waals surface area contributed by atoms with Crippen molar-refractivity contribution in [1.82, 2.24) is 9.80 Å². The number of ether oxygens (including phenoxy) is 2. The lowest BCUT2D eigenvalue weighted by Gasteiger charge is -2.37. The average molecular weight is 719 g/mol. The Kier molecular flexibility index (Phi) is 14.6. The Morgan fingerprint density at radius 2 is 1.19 bits per heavy atom. The molecule has 0 aliphatic carbocycles. The maximum atomic E-state index is 11.0. The van der Waals surface area contributed by atoms with Crippen molar-refractivity contribution < 1.29 is 19.5 Å². The van der Waals surface area contributed by atoms with Gasteiger partial charge in [-0.1, -0.05) is 0 Å². The van der Waals surface area contributed by atoms with Gasteiger partial charge in [0.15, 0.2) is 5.75 Å². The van der Waals surface area contributed by atoms with Gasteiger partial charge in [0, 0.05) is 72.5 Å². The van der Waals surface area contributed by atoms with Crippen LogP contribution < -0.4 is 25.0 Å². The van der Waals surface area contributed by atoms with Crippen LogP contribution in [0.15, 0.2) is 33.2 Å². The second kappa shape index (κ2) is 17.1. The van der Waals surface area contributed by atoms with Crippen LogP contribution in [0.25, 0.3) is 0 Å². The third-order valence-electron chi connectivity index (χ3n) is 7.82. The zero-order valence-electron chi connectivity index (χ0n) is 25.8. The van der Waals surface area contributed by atoms with Crippen LogP contribution in [0.3, 0.4) is 0 Å². The molecular weight excluding hydrogens is 672 g/mol. The maximum Gasteiger partial charge on any atom is 0.312 e. The van der Waals surface area contributed by atoms with Crippen molar-refractivity contribution in [2.45, 2.75) is 37.8 Å². The van der Waals surface area contributed by atoms with Crippen LogP contribution in [-0.4, -0.2) is 108 Å². The lowest BCUT2D eigenvalue weighted by Crippen LogP contribution is -2.42. The average Bonchev–Trinajstić information content (AvgIpc) is 2.98. The molecule has 0 radical (unpaired) electrons. The van der Waals surface area contributed by atoms with Crippen LogP contribution in [0.4, 0.5) is 22.7 Å². The minimum atomic E-state index is -0.425. The number of halogens is 2. The van der Waals surface area contributed by atoms with E-state index >= 15 is 0 Å². The van der Waals surface area contributed by atoms with Crippen LogP contribution in [0, 0.1) is 10.1 Å². The molecule has 0 saturated carbocycles. The molecule has 2 fully saturated rings. The standard InChI is InChI=1S/C14H20BrN3O3.C14H22BrN3O.CH4O/c1-16(2)10-4-6-17(7-5-10)12-9-14(21-3)13(18(19)20)8-11(12)15;1-17(2)10-4-6-18(7-5-10)13-9-14(19-3)12(16)8-11(13)15;1-2/h8-10H,4-7H2,1-3H3;8-10H,4-7,16H2,1-3H3;2H,1H3. The molecule has 2 aromatic carbocycles. The first kappa shape index (κ1) is 35.9. The summed E-state index contributed by atoms with van der Waals surface area (Å²) in [7, 11) is 12.6. The molecule has 4 rings (SSSR count). The molecular formula is C29H46Br2N6O5. The topological polar surface area (TPSA) is 121 Å². The second-order valence-electron chi connectivity index (χ2n) is 10.6. The summed E-state index contributed by atoms with van der Waals surface area (Å²) in [5, 5.41) is 18.0. The zero-order valence-corrected chi connectivity index (χ0v) is 28.9. The monoisotopic (exact) mass is 716 g/mol. The molecule has 236 valence electrons. The van der Waals surface area contributed by atoms with Gasteiger partial charge in [0.1, 0.15) is 5.75 Å². The fourth-order valence-electron chi connectivity index (χ4n) is 5.30. The Hall–Kier alpha value is -2.32. The van der Waals surface area contributed by atoms with E-state index in [1.165, 1.54) is 31.7 Å². The molecule has 0 spiro atoms. The highest BCUT2D eigenvalue weighted by molar-refractivity contribution is 9.11. The summed E-state index contributed by atoms with van der Waals surface area (Å²) < 4.78 is 12.2. The first-order valence-corrected chi connectivity index (χ1v) is 15.5. The molecule has 0 bridgehead atoms. The quantitative estimate of drug-likeness (QED) is 0.228. The van der Waals surface area contributed by atoms with Gasteiger partial charge in [-0.25, -0.2) is 0 Å². The Bertz CT molecular complexity index is 1150. The number of nitrogens with zero attached hydrogens (tertiary/aromatic N) is 5. The summed E-state index contributed by atoms with van der Waals surface area (Å²) in [6.45, 7) is 3.99. The van der Waals surface area contributed by atoms with Crippen LogP contribution in [-0.2, 0) is 0 Å². The third-order valence-corrected chi connectivity index (χ3v) is 9.09. The smallest absolute Gasteiger partial charge is 0.312 e. The molecule has 2 aliphatic rings. The molecule has 3 N–H and O–H groups in total. The van der Waals surface area contributed by atoms with Crippen LogP contribution in [0.5, 0.6) is 11.5 Å². The Morgan fingerprint density at radius 1 is 0.810 bits per heavy atom. The SMILES string of the molecule is CO.COc1cc(N2CCC(N(C)C)CC2)c(Br)cc1N.COc1cc(N2CCC(N(C)C)CC2)c(Br)cc1[N+](=O)[O-]. The number of nitro groups is 1. The van der Waals surface area contributed by atoms with E-state index in [0.717, 1.165) is 66.5 Å². The molecule has 0 aromatic heterocycles. The zero-order chi connectivity index (χ0) is 31.6. The van der Waals surface area contributed by atoms with Gasteiger partial charge in [0.05, 0.1) is 36.2 Å². The number of piperidine rings is 2. The summed E-state index contributed by atoms with van der Waals surface area (Å²) in [6.07, 6.45) is 4.54. The highest BCUT2D eigenvalue weighted by Crippen LogP contribution is 2.39. The van der Waals surface area contributed by atoms with E-state index in [1.54, 1.807) is 13.2 Å². The van der Waals surface area contributed by atoms with E-state index in [9.17, 15) is 10.1 Å². The van der Waals surface area contributed by atoms with Gasteiger partial charge >= 0.3 is 5.69 Å². The predicted molar refractivity (Wildman–Crippen MR) is 178 cm³/mol. The van der Waals surface area contributed by atoms with Gasteiger partial charge in [0.2, 0.25) is 0 Å². The molecule has 2 saturated heterocycles. The first-order chi connectivity index (χ1) is 20.0. The van der Waals surface area contributed by atoms with Crippen molar-refractivity contribution in [3.8, 4) is 11.5 Å². The number of rotatable bonds is 7. The maximum absolute atomic E-state index is 11.0. The van der Waals surface area contributed by atoms with E-state index in [2.05, 4.69) is 79.7 Å². The van der Waals surface area contributed by atoms with Crippen molar-refractivity contribution >= 4 is 54.6 Å². The highest BCUT2D eigenvalue weighted by atomic mass is 79.9. The Morgan fingerprint density at radius 3 is 1.55 bits per heavy atom. The highest BCUT2D eigenvalue weighted by Gasteiger charge is 2.26. The number of aliphatic hydroxyl groups is 1. The Balaban J connectivity index is 0.000000278. The number of benzene rings is 2. The lowest BCUT2D eigenvalue weighted by molar-refractivity contribution is -0.385. The van der Waals surface area contributed by atoms with E-state index < -0.39 is 4.92 Å². The molecule has 11 nitrogen and oxygen atoms in total. The fourth-order valence-corrected chi connectivity index (χ4v) is 6.50. The largest absolute Gasteiger partial charge is 0.495 e. The van der Waals surface area contributed by atoms with Crippen LogP contribution in [0.2, 0.25) is 0 Å². The molecule has 2 aliphatic heterocycles. The van der Waals surface area contributed by atoms with Gasteiger partial charge in [-0.3, -0.25) is 10.1 Å². The minimum absolute atomic E-state index is 0.0173. The number of methoxy groups -OCH3 is 2. The number of hydrogen-bond acceptors (Lipinski definition) is 10. The number of nitro benzene ring substituents is 1. The minimum Gasteiger partial charge on any atom is -0.495 e. The van der Waals surface area contributed by atoms with E-state index in [1.807, 2.05) is 12.1 Å². The van der Waals surface area contributed by atoms with Crippen molar-refractivity contribution in [2.75, 3.05) is 91.2 Å². The summed E-state index contributed by atoms with van der Waals surface area (Å²) in [5.41, 5.74) is 8.69. The number of nitrogens with two attached hydrogens (primary N) is 1. The molecule has 0 unspecified atom stereocenters. The van der Waals surface area contributed by atoms with Crippen molar-refractivity contribution in [1.29, 1.82) is 0 Å². The molecule has 42 heavy (non-hydrogen) atoms. The first-order valence-electron chi connectivity index (χ1n) is 13.9. The molecule has 2 aromatic rings. The van der Waals surface area contributed by atoms with Gasteiger partial charge in [-0.15, -0.1) is 0 Å². The third kappa shape index (κ3) is 9.34. The fraction of sp³-hybridized carbons (Fsp3) is 0.586. The lowest BCUT2D eigenvalue weighted by atomic mass is 10.0. The Labute approximate surface area is 266 Å². The van der Waals surface area contributed by atoms with Crippen LogP contribution >= 0.6 is 31.9 Å².